The lowest BCUT2D eigenvalue weighted by atomic mass is 10.2. The van der Waals surface area contributed by atoms with Crippen molar-refractivity contribution in [3.8, 4) is 17.2 Å². The van der Waals surface area contributed by atoms with Gasteiger partial charge in [0.2, 0.25) is 0 Å². The Morgan fingerprint density at radius 1 is 0.788 bits per heavy atom. The molecule has 3 aromatic heterocycles. The molecular formula is C27H23N5O. The van der Waals surface area contributed by atoms with Gasteiger partial charge in [0.1, 0.15) is 5.82 Å². The molecule has 0 bridgehead atoms. The first kappa shape index (κ1) is 19.4. The van der Waals surface area contributed by atoms with Crippen LogP contribution >= 0.6 is 0 Å². The number of carbonyl (C=O) groups is 1. The van der Waals surface area contributed by atoms with Crippen molar-refractivity contribution in [2.45, 2.75) is 20.0 Å². The summed E-state index contributed by atoms with van der Waals surface area (Å²) in [6.45, 7) is 3.12. The lowest BCUT2D eigenvalue weighted by Gasteiger charge is -2.18. The molecule has 0 spiro atoms. The van der Waals surface area contributed by atoms with E-state index in [1.807, 2.05) is 93.5 Å². The van der Waals surface area contributed by atoms with Crippen LogP contribution < -0.4 is 0 Å². The van der Waals surface area contributed by atoms with Crippen LogP contribution in [0.15, 0.2) is 97.6 Å². The molecule has 0 N–H and O–H groups in total. The van der Waals surface area contributed by atoms with Crippen LogP contribution in [-0.2, 0) is 13.1 Å². The zero-order chi connectivity index (χ0) is 22.4. The second-order valence-corrected chi connectivity index (χ2v) is 8.39. The summed E-state index contributed by atoms with van der Waals surface area (Å²) >= 11 is 0. The number of aromatic nitrogens is 4. The van der Waals surface area contributed by atoms with Crippen molar-refractivity contribution >= 4 is 5.91 Å². The number of nitrogens with zero attached hydrogens (tertiary/aromatic N) is 5. The van der Waals surface area contributed by atoms with Gasteiger partial charge in [-0.15, -0.1) is 0 Å². The summed E-state index contributed by atoms with van der Waals surface area (Å²) < 4.78 is 6.09. The zero-order valence-electron chi connectivity index (χ0n) is 18.3. The molecule has 33 heavy (non-hydrogen) atoms. The number of hydrogen-bond donors (Lipinski definition) is 0. The Hall–Kier alpha value is -4.32. The molecule has 6 rings (SSSR count). The van der Waals surface area contributed by atoms with E-state index in [1.54, 1.807) is 0 Å². The minimum Gasteiger partial charge on any atom is -0.328 e. The number of aryl methyl sites for hydroxylation is 1. The molecule has 1 aliphatic heterocycles. The van der Waals surface area contributed by atoms with E-state index in [2.05, 4.69) is 29.7 Å². The molecule has 5 aromatic rings. The molecule has 0 saturated carbocycles. The van der Waals surface area contributed by atoms with E-state index < -0.39 is 0 Å². The Bertz CT molecular complexity index is 1430. The smallest absolute Gasteiger partial charge is 0.254 e. The van der Waals surface area contributed by atoms with Gasteiger partial charge in [-0.1, -0.05) is 12.1 Å². The number of amides is 1. The number of carbonyl (C=O) groups excluding carboxylic acids is 1. The first-order valence-corrected chi connectivity index (χ1v) is 11.0. The first-order chi connectivity index (χ1) is 16.2. The van der Waals surface area contributed by atoms with Crippen LogP contribution in [0.4, 0.5) is 0 Å². The molecule has 0 aliphatic carbocycles. The minimum atomic E-state index is 0.0209. The average Bonchev–Trinajstić information content (AvgIpc) is 3.63. The summed E-state index contributed by atoms with van der Waals surface area (Å²) in [6.07, 6.45) is 8.03. The summed E-state index contributed by atoms with van der Waals surface area (Å²) in [5, 5.41) is 4.93. The fourth-order valence-electron chi connectivity index (χ4n) is 4.49. The van der Waals surface area contributed by atoms with Gasteiger partial charge in [-0.05, 0) is 73.2 Å². The van der Waals surface area contributed by atoms with E-state index >= 15 is 0 Å². The topological polar surface area (TPSA) is 48.0 Å². The Labute approximate surface area is 191 Å². The van der Waals surface area contributed by atoms with Crippen LogP contribution in [0.3, 0.4) is 0 Å². The van der Waals surface area contributed by atoms with Crippen LogP contribution in [0, 0.1) is 6.92 Å². The van der Waals surface area contributed by atoms with E-state index in [1.165, 1.54) is 5.56 Å². The number of fused-ring (bicyclic) bond motifs is 1. The highest BCUT2D eigenvalue weighted by molar-refractivity contribution is 5.94. The normalized spacial score (nSPS) is 12.8. The Kier molecular flexibility index (Phi) is 4.50. The van der Waals surface area contributed by atoms with Crippen molar-refractivity contribution < 1.29 is 4.79 Å². The largest absolute Gasteiger partial charge is 0.328 e. The van der Waals surface area contributed by atoms with E-state index in [-0.39, 0.29) is 5.91 Å². The van der Waals surface area contributed by atoms with Gasteiger partial charge in [0.25, 0.3) is 5.91 Å². The maximum atomic E-state index is 13.3. The van der Waals surface area contributed by atoms with Gasteiger partial charge < -0.3 is 14.0 Å². The summed E-state index contributed by atoms with van der Waals surface area (Å²) in [5.41, 5.74) is 5.95. The summed E-state index contributed by atoms with van der Waals surface area (Å²) in [7, 11) is 0. The molecule has 1 aliphatic rings. The molecule has 162 valence electrons. The van der Waals surface area contributed by atoms with Crippen LogP contribution in [0.2, 0.25) is 0 Å². The number of rotatable bonds is 4. The second-order valence-electron chi connectivity index (χ2n) is 8.39. The predicted octanol–water partition coefficient (Wildman–Crippen LogP) is 4.92. The average molecular weight is 434 g/mol. The van der Waals surface area contributed by atoms with Gasteiger partial charge in [-0.2, -0.15) is 5.10 Å². The SMILES string of the molecule is Cc1cccc(-n2nc3c(c2-n2cccc2)CN(C(=O)c2ccc(-n4cccc4)cc2)C3)c1. The van der Waals surface area contributed by atoms with Crippen molar-refractivity contribution in [3.63, 3.8) is 0 Å². The van der Waals surface area contributed by atoms with E-state index in [4.69, 9.17) is 5.10 Å². The second kappa shape index (κ2) is 7.67. The van der Waals surface area contributed by atoms with Crippen LogP contribution in [-0.4, -0.2) is 29.7 Å². The third-order valence-electron chi connectivity index (χ3n) is 6.13. The van der Waals surface area contributed by atoms with Gasteiger partial charge in [0, 0.05) is 41.6 Å². The standard InChI is InChI=1S/C27H23N5O/c1-20-7-6-8-23(17-20)32-26(30-15-4-5-16-30)24-18-31(19-25(24)28-32)27(33)21-9-11-22(12-10-21)29-13-2-3-14-29/h2-17H,18-19H2,1H3. The fraction of sp³-hybridized carbons (Fsp3) is 0.111. The summed E-state index contributed by atoms with van der Waals surface area (Å²) in [4.78, 5) is 15.2. The third kappa shape index (κ3) is 3.36. The van der Waals surface area contributed by atoms with Gasteiger partial charge in [0.05, 0.1) is 24.5 Å². The van der Waals surface area contributed by atoms with Crippen molar-refractivity contribution in [1.29, 1.82) is 0 Å². The molecule has 2 aromatic carbocycles. The molecular weight excluding hydrogens is 410 g/mol. The lowest BCUT2D eigenvalue weighted by molar-refractivity contribution is 0.0749. The molecule has 0 atom stereocenters. The number of hydrogen-bond acceptors (Lipinski definition) is 2. The lowest BCUT2D eigenvalue weighted by Crippen LogP contribution is -2.26. The third-order valence-corrected chi connectivity index (χ3v) is 6.13. The van der Waals surface area contributed by atoms with E-state index in [0.29, 0.717) is 18.7 Å². The Morgan fingerprint density at radius 2 is 1.48 bits per heavy atom. The quantitative estimate of drug-likeness (QED) is 0.404. The van der Waals surface area contributed by atoms with Gasteiger partial charge in [-0.3, -0.25) is 4.79 Å². The molecule has 4 heterocycles. The highest BCUT2D eigenvalue weighted by Gasteiger charge is 2.31. The molecule has 0 unspecified atom stereocenters. The molecule has 6 nitrogen and oxygen atoms in total. The van der Waals surface area contributed by atoms with Crippen LogP contribution in [0.25, 0.3) is 17.2 Å². The van der Waals surface area contributed by atoms with Crippen molar-refractivity contribution in [2.24, 2.45) is 0 Å². The van der Waals surface area contributed by atoms with E-state index in [9.17, 15) is 4.79 Å². The van der Waals surface area contributed by atoms with Crippen molar-refractivity contribution in [2.75, 3.05) is 0 Å². The van der Waals surface area contributed by atoms with E-state index in [0.717, 1.165) is 28.5 Å². The van der Waals surface area contributed by atoms with Crippen molar-refractivity contribution in [1.82, 2.24) is 23.8 Å². The fourth-order valence-corrected chi connectivity index (χ4v) is 4.49. The predicted molar refractivity (Wildman–Crippen MR) is 127 cm³/mol. The Morgan fingerprint density at radius 3 is 2.18 bits per heavy atom. The summed E-state index contributed by atoms with van der Waals surface area (Å²) in [5.74, 6) is 1.01. The minimum absolute atomic E-state index is 0.0209. The Balaban J connectivity index is 1.32. The highest BCUT2D eigenvalue weighted by atomic mass is 16.2. The molecule has 0 fully saturated rings. The van der Waals surface area contributed by atoms with Crippen LogP contribution in [0.1, 0.15) is 27.2 Å². The van der Waals surface area contributed by atoms with Gasteiger partial charge >= 0.3 is 0 Å². The monoisotopic (exact) mass is 433 g/mol. The molecule has 0 radical (unpaired) electrons. The maximum absolute atomic E-state index is 13.3. The zero-order valence-corrected chi connectivity index (χ0v) is 18.3. The molecule has 6 heteroatoms. The van der Waals surface area contributed by atoms with Gasteiger partial charge in [0.15, 0.2) is 0 Å². The first-order valence-electron chi connectivity index (χ1n) is 11.0. The maximum Gasteiger partial charge on any atom is 0.254 e. The molecule has 1 amide bonds. The highest BCUT2D eigenvalue weighted by Crippen LogP contribution is 2.31. The van der Waals surface area contributed by atoms with Crippen LogP contribution in [0.5, 0.6) is 0 Å². The molecule has 0 saturated heterocycles. The summed E-state index contributed by atoms with van der Waals surface area (Å²) in [6, 6.07) is 24.1. The van der Waals surface area contributed by atoms with Gasteiger partial charge in [-0.25, -0.2) is 4.68 Å². The number of benzene rings is 2. The van der Waals surface area contributed by atoms with Crippen molar-refractivity contribution in [3.05, 3.63) is 120 Å².